The summed E-state index contributed by atoms with van der Waals surface area (Å²) in [5.41, 5.74) is 0.498. The van der Waals surface area contributed by atoms with Crippen LogP contribution in [0.5, 0.6) is 0 Å². The molecule has 2 rings (SSSR count). The predicted octanol–water partition coefficient (Wildman–Crippen LogP) is 2.29. The third kappa shape index (κ3) is 2.15. The third-order valence-corrected chi connectivity index (χ3v) is 4.19. The molecule has 1 aromatic heterocycles. The van der Waals surface area contributed by atoms with E-state index >= 15 is 0 Å². The van der Waals surface area contributed by atoms with Crippen molar-refractivity contribution in [2.75, 3.05) is 20.3 Å². The van der Waals surface area contributed by atoms with Gasteiger partial charge in [0.25, 0.3) is 0 Å². The van der Waals surface area contributed by atoms with Gasteiger partial charge in [-0.25, -0.2) is 0 Å². The summed E-state index contributed by atoms with van der Waals surface area (Å²) < 4.78 is 10.9. The van der Waals surface area contributed by atoms with Crippen molar-refractivity contribution in [2.45, 2.75) is 31.5 Å². The third-order valence-electron chi connectivity index (χ3n) is 3.31. The van der Waals surface area contributed by atoms with Crippen molar-refractivity contribution >= 4 is 11.3 Å². The van der Waals surface area contributed by atoms with Gasteiger partial charge < -0.3 is 14.6 Å². The van der Waals surface area contributed by atoms with Gasteiger partial charge in [0.15, 0.2) is 0 Å². The Kier molecular flexibility index (Phi) is 3.64. The van der Waals surface area contributed by atoms with Gasteiger partial charge in [-0.15, -0.1) is 11.3 Å². The Morgan fingerprint density at radius 1 is 1.50 bits per heavy atom. The Balaban J connectivity index is 2.20. The average Bonchev–Trinajstić information content (AvgIpc) is 2.76. The van der Waals surface area contributed by atoms with Gasteiger partial charge in [0.05, 0.1) is 0 Å². The van der Waals surface area contributed by atoms with Gasteiger partial charge in [-0.05, 0) is 23.9 Å². The van der Waals surface area contributed by atoms with Gasteiger partial charge in [0, 0.05) is 38.0 Å². The van der Waals surface area contributed by atoms with Crippen LogP contribution in [0.3, 0.4) is 0 Å². The largest absolute Gasteiger partial charge is 0.385 e. The van der Waals surface area contributed by atoms with Crippen molar-refractivity contribution in [2.24, 2.45) is 0 Å². The minimum absolute atomic E-state index is 0.467. The zero-order valence-corrected chi connectivity index (χ0v) is 10.5. The molecule has 2 heterocycles. The van der Waals surface area contributed by atoms with Crippen LogP contribution in [0.1, 0.15) is 29.4 Å². The Hall–Kier alpha value is -0.420. The van der Waals surface area contributed by atoms with Gasteiger partial charge in [-0.1, -0.05) is 0 Å². The molecule has 1 aliphatic rings. The number of aliphatic hydroxyl groups excluding tert-OH is 1. The van der Waals surface area contributed by atoms with E-state index in [-0.39, 0.29) is 0 Å². The number of hydrogen-bond donors (Lipinski definition) is 1. The van der Waals surface area contributed by atoms with Crippen LogP contribution in [0, 0.1) is 6.92 Å². The zero-order valence-electron chi connectivity index (χ0n) is 9.73. The summed E-state index contributed by atoms with van der Waals surface area (Å²) >= 11 is 1.66. The first-order chi connectivity index (χ1) is 7.68. The van der Waals surface area contributed by atoms with Crippen LogP contribution in [0.25, 0.3) is 0 Å². The van der Waals surface area contributed by atoms with Crippen LogP contribution in [-0.4, -0.2) is 31.0 Å². The van der Waals surface area contributed by atoms with Crippen LogP contribution in [0.4, 0.5) is 0 Å². The van der Waals surface area contributed by atoms with E-state index in [4.69, 9.17) is 9.47 Å². The van der Waals surface area contributed by atoms with E-state index in [2.05, 4.69) is 0 Å². The summed E-state index contributed by atoms with van der Waals surface area (Å²) in [6.45, 7) is 3.37. The molecule has 1 fully saturated rings. The minimum Gasteiger partial charge on any atom is -0.385 e. The van der Waals surface area contributed by atoms with Gasteiger partial charge in [-0.2, -0.15) is 0 Å². The standard InChI is InChI=1S/C12H18O3S/c1-9-7-10(8-16-9)11(13)12(14-2)3-5-15-6-4-12/h7-8,11,13H,3-6H2,1-2H3. The summed E-state index contributed by atoms with van der Waals surface area (Å²) in [5, 5.41) is 12.4. The maximum atomic E-state index is 10.4. The molecular weight excluding hydrogens is 224 g/mol. The van der Waals surface area contributed by atoms with Crippen molar-refractivity contribution in [3.8, 4) is 0 Å². The van der Waals surface area contributed by atoms with Crippen LogP contribution in [0.15, 0.2) is 11.4 Å². The monoisotopic (exact) mass is 242 g/mol. The molecule has 0 spiro atoms. The highest BCUT2D eigenvalue weighted by Crippen LogP contribution is 2.38. The molecule has 1 aromatic rings. The van der Waals surface area contributed by atoms with E-state index in [1.165, 1.54) is 4.88 Å². The van der Waals surface area contributed by atoms with E-state index < -0.39 is 11.7 Å². The number of aliphatic hydroxyl groups is 1. The van der Waals surface area contributed by atoms with E-state index in [0.29, 0.717) is 13.2 Å². The van der Waals surface area contributed by atoms with Crippen LogP contribution >= 0.6 is 11.3 Å². The molecule has 1 saturated heterocycles. The second-order valence-electron chi connectivity index (χ2n) is 4.27. The molecule has 1 N–H and O–H groups in total. The van der Waals surface area contributed by atoms with Crippen LogP contribution in [-0.2, 0) is 9.47 Å². The highest BCUT2D eigenvalue weighted by molar-refractivity contribution is 7.10. The first-order valence-electron chi connectivity index (χ1n) is 5.54. The number of ether oxygens (including phenoxy) is 2. The number of hydrogen-bond acceptors (Lipinski definition) is 4. The highest BCUT2D eigenvalue weighted by atomic mass is 32.1. The molecule has 4 heteroatoms. The van der Waals surface area contributed by atoms with Gasteiger partial charge in [0.1, 0.15) is 11.7 Å². The molecule has 16 heavy (non-hydrogen) atoms. The fraction of sp³-hybridized carbons (Fsp3) is 0.667. The van der Waals surface area contributed by atoms with Gasteiger partial charge in [0.2, 0.25) is 0 Å². The number of rotatable bonds is 3. The normalized spacial score (nSPS) is 21.9. The lowest BCUT2D eigenvalue weighted by molar-refractivity contribution is -0.154. The number of aryl methyl sites for hydroxylation is 1. The zero-order chi connectivity index (χ0) is 11.6. The average molecular weight is 242 g/mol. The molecule has 3 nitrogen and oxygen atoms in total. The predicted molar refractivity (Wildman–Crippen MR) is 63.8 cm³/mol. The van der Waals surface area contributed by atoms with Crippen LogP contribution in [0.2, 0.25) is 0 Å². The van der Waals surface area contributed by atoms with Crippen molar-refractivity contribution in [1.29, 1.82) is 0 Å². The van der Waals surface area contributed by atoms with Crippen molar-refractivity contribution in [1.82, 2.24) is 0 Å². The van der Waals surface area contributed by atoms with Crippen molar-refractivity contribution in [3.63, 3.8) is 0 Å². The molecule has 0 aliphatic carbocycles. The molecule has 0 bridgehead atoms. The molecule has 0 radical (unpaired) electrons. The summed E-state index contributed by atoms with van der Waals surface area (Å²) in [4.78, 5) is 1.22. The fourth-order valence-electron chi connectivity index (χ4n) is 2.22. The summed E-state index contributed by atoms with van der Waals surface area (Å²) in [6, 6.07) is 2.03. The Morgan fingerprint density at radius 3 is 2.69 bits per heavy atom. The number of methoxy groups -OCH3 is 1. The molecule has 0 aromatic carbocycles. The minimum atomic E-state index is -0.550. The Bertz CT molecular complexity index is 342. The fourth-order valence-corrected chi connectivity index (χ4v) is 2.94. The Labute approximate surface area is 100 Å². The number of thiophene rings is 1. The first-order valence-corrected chi connectivity index (χ1v) is 6.42. The first kappa shape index (κ1) is 12.0. The molecule has 1 unspecified atom stereocenters. The quantitative estimate of drug-likeness (QED) is 0.884. The summed E-state index contributed by atoms with van der Waals surface area (Å²) in [7, 11) is 1.67. The molecule has 0 saturated carbocycles. The van der Waals surface area contributed by atoms with E-state index in [1.54, 1.807) is 18.4 Å². The van der Waals surface area contributed by atoms with Crippen LogP contribution < -0.4 is 0 Å². The Morgan fingerprint density at radius 2 is 2.19 bits per heavy atom. The lowest BCUT2D eigenvalue weighted by Crippen LogP contribution is -2.43. The molecular formula is C12H18O3S. The van der Waals surface area contributed by atoms with E-state index in [0.717, 1.165) is 18.4 Å². The molecule has 90 valence electrons. The smallest absolute Gasteiger partial charge is 0.109 e. The second-order valence-corrected chi connectivity index (χ2v) is 5.39. The van der Waals surface area contributed by atoms with Gasteiger partial charge in [-0.3, -0.25) is 0 Å². The lowest BCUT2D eigenvalue weighted by Gasteiger charge is -2.39. The second kappa shape index (κ2) is 4.84. The van der Waals surface area contributed by atoms with Crippen molar-refractivity contribution in [3.05, 3.63) is 21.9 Å². The summed E-state index contributed by atoms with van der Waals surface area (Å²) in [5.74, 6) is 0. The maximum Gasteiger partial charge on any atom is 0.109 e. The van der Waals surface area contributed by atoms with Gasteiger partial charge >= 0.3 is 0 Å². The molecule has 0 amide bonds. The molecule has 1 aliphatic heterocycles. The lowest BCUT2D eigenvalue weighted by atomic mass is 9.85. The van der Waals surface area contributed by atoms with E-state index in [9.17, 15) is 5.11 Å². The summed E-state index contributed by atoms with van der Waals surface area (Å²) in [6.07, 6.45) is 0.949. The SMILES string of the molecule is COC1(C(O)c2csc(C)c2)CCOCC1. The highest BCUT2D eigenvalue weighted by Gasteiger charge is 2.40. The topological polar surface area (TPSA) is 38.7 Å². The maximum absolute atomic E-state index is 10.4. The van der Waals surface area contributed by atoms with E-state index in [1.807, 2.05) is 18.4 Å². The molecule has 1 atom stereocenters. The van der Waals surface area contributed by atoms with Crippen molar-refractivity contribution < 1.29 is 14.6 Å².